The molecule has 0 amide bonds. The third-order valence-electron chi connectivity index (χ3n) is 2.31. The van der Waals surface area contributed by atoms with Gasteiger partial charge in [0.1, 0.15) is 5.82 Å². The Morgan fingerprint density at radius 1 is 0.950 bits per heavy atom. The van der Waals surface area contributed by atoms with Crippen molar-refractivity contribution < 1.29 is 26.3 Å². The van der Waals surface area contributed by atoms with Crippen LogP contribution in [0, 0.1) is 17.5 Å². The molecule has 1 heterocycles. The number of halogens is 6. The Kier molecular flexibility index (Phi) is 3.28. The fourth-order valence-electron chi connectivity index (χ4n) is 1.45. The molecule has 0 spiro atoms. The Bertz CT molecular complexity index is 668. The number of benzene rings is 1. The standard InChI is InChI=1S/C11H5F6N3/c12-5-2-1-4(8(13)9(5)14)6-3-7(18)20-10(19-6)11(15,16)17/h1-3H,(H2,18,19,20). The number of nitrogen functional groups attached to an aromatic ring is 1. The molecule has 106 valence electrons. The number of hydrogen-bond acceptors (Lipinski definition) is 3. The molecule has 3 nitrogen and oxygen atoms in total. The van der Waals surface area contributed by atoms with Gasteiger partial charge in [0.05, 0.1) is 5.69 Å². The van der Waals surface area contributed by atoms with E-state index < -0.39 is 46.5 Å². The van der Waals surface area contributed by atoms with E-state index in [0.717, 1.165) is 12.1 Å². The normalized spacial score (nSPS) is 11.7. The Labute approximate surface area is 108 Å². The van der Waals surface area contributed by atoms with Crippen molar-refractivity contribution in [3.05, 3.63) is 41.5 Å². The highest BCUT2D eigenvalue weighted by Gasteiger charge is 2.35. The SMILES string of the molecule is Nc1cc(-c2ccc(F)c(F)c2F)nc(C(F)(F)F)n1. The van der Waals surface area contributed by atoms with Crippen LogP contribution in [0.5, 0.6) is 0 Å². The lowest BCUT2D eigenvalue weighted by atomic mass is 10.1. The number of rotatable bonds is 1. The third kappa shape index (κ3) is 2.51. The van der Waals surface area contributed by atoms with Crippen molar-refractivity contribution in [3.63, 3.8) is 0 Å². The Morgan fingerprint density at radius 3 is 2.20 bits per heavy atom. The summed E-state index contributed by atoms with van der Waals surface area (Å²) in [5.41, 5.74) is 3.92. The summed E-state index contributed by atoms with van der Waals surface area (Å²) >= 11 is 0. The molecule has 1 aromatic heterocycles. The summed E-state index contributed by atoms with van der Waals surface area (Å²) in [6.45, 7) is 0. The molecule has 0 radical (unpaired) electrons. The minimum atomic E-state index is -4.90. The molecule has 9 heteroatoms. The van der Waals surface area contributed by atoms with Crippen LogP contribution < -0.4 is 5.73 Å². The zero-order chi connectivity index (χ0) is 15.1. The van der Waals surface area contributed by atoms with Crippen molar-refractivity contribution in [2.75, 3.05) is 5.73 Å². The minimum absolute atomic E-state index is 0.569. The first-order valence-corrected chi connectivity index (χ1v) is 5.06. The van der Waals surface area contributed by atoms with E-state index in [0.29, 0.717) is 6.07 Å². The molecule has 0 aliphatic carbocycles. The molecule has 0 atom stereocenters. The summed E-state index contributed by atoms with van der Waals surface area (Å²) < 4.78 is 76.8. The predicted octanol–water partition coefficient (Wildman–Crippen LogP) is 3.16. The molecule has 2 rings (SSSR count). The summed E-state index contributed by atoms with van der Waals surface area (Å²) in [5, 5.41) is 0. The van der Waals surface area contributed by atoms with E-state index in [1.54, 1.807) is 0 Å². The second kappa shape index (κ2) is 4.66. The van der Waals surface area contributed by atoms with Crippen LogP contribution in [0.1, 0.15) is 5.82 Å². The molecule has 2 aromatic rings. The fourth-order valence-corrected chi connectivity index (χ4v) is 1.45. The molecule has 0 unspecified atom stereocenters. The van der Waals surface area contributed by atoms with Crippen LogP contribution in [-0.2, 0) is 6.18 Å². The van der Waals surface area contributed by atoms with Crippen LogP contribution >= 0.6 is 0 Å². The van der Waals surface area contributed by atoms with Crippen molar-refractivity contribution in [1.29, 1.82) is 0 Å². The van der Waals surface area contributed by atoms with Crippen LogP contribution in [0.4, 0.5) is 32.2 Å². The summed E-state index contributed by atoms with van der Waals surface area (Å²) in [5.74, 6) is -7.11. The number of nitrogens with two attached hydrogens (primary N) is 1. The van der Waals surface area contributed by atoms with Gasteiger partial charge in [0.2, 0.25) is 5.82 Å². The van der Waals surface area contributed by atoms with Crippen LogP contribution in [-0.4, -0.2) is 9.97 Å². The highest BCUT2D eigenvalue weighted by Crippen LogP contribution is 2.30. The first-order valence-electron chi connectivity index (χ1n) is 5.06. The summed E-state index contributed by atoms with van der Waals surface area (Å²) in [6, 6.07) is 2.15. The molecule has 1 aromatic carbocycles. The molecule has 0 saturated carbocycles. The lowest BCUT2D eigenvalue weighted by Crippen LogP contribution is -2.13. The van der Waals surface area contributed by atoms with Crippen LogP contribution in [0.2, 0.25) is 0 Å². The van der Waals surface area contributed by atoms with Crippen molar-refractivity contribution in [2.45, 2.75) is 6.18 Å². The smallest absolute Gasteiger partial charge is 0.384 e. The van der Waals surface area contributed by atoms with Gasteiger partial charge in [0, 0.05) is 11.6 Å². The van der Waals surface area contributed by atoms with Crippen molar-refractivity contribution in [3.8, 4) is 11.3 Å². The average Bonchev–Trinajstić information content (AvgIpc) is 2.34. The third-order valence-corrected chi connectivity index (χ3v) is 2.31. The van der Waals surface area contributed by atoms with Gasteiger partial charge in [-0.25, -0.2) is 23.1 Å². The molecule has 0 saturated heterocycles. The van der Waals surface area contributed by atoms with Gasteiger partial charge in [0.25, 0.3) is 0 Å². The van der Waals surface area contributed by atoms with Gasteiger partial charge in [-0.05, 0) is 12.1 Å². The predicted molar refractivity (Wildman–Crippen MR) is 56.8 cm³/mol. The monoisotopic (exact) mass is 293 g/mol. The molecular weight excluding hydrogens is 288 g/mol. The number of aromatic nitrogens is 2. The maximum Gasteiger partial charge on any atom is 0.451 e. The first-order chi connectivity index (χ1) is 9.20. The van der Waals surface area contributed by atoms with Gasteiger partial charge in [-0.2, -0.15) is 13.2 Å². The number of nitrogens with zero attached hydrogens (tertiary/aromatic N) is 2. The number of alkyl halides is 3. The maximum absolute atomic E-state index is 13.5. The van der Waals surface area contributed by atoms with Gasteiger partial charge >= 0.3 is 6.18 Å². The molecule has 0 fully saturated rings. The van der Waals surface area contributed by atoms with E-state index in [1.807, 2.05) is 0 Å². The highest BCUT2D eigenvalue weighted by atomic mass is 19.4. The molecular formula is C11H5F6N3. The lowest BCUT2D eigenvalue weighted by molar-refractivity contribution is -0.144. The van der Waals surface area contributed by atoms with Crippen LogP contribution in [0.15, 0.2) is 18.2 Å². The van der Waals surface area contributed by atoms with Gasteiger partial charge in [0.15, 0.2) is 17.5 Å². The Morgan fingerprint density at radius 2 is 1.60 bits per heavy atom. The molecule has 2 N–H and O–H groups in total. The van der Waals surface area contributed by atoms with E-state index >= 15 is 0 Å². The molecule has 20 heavy (non-hydrogen) atoms. The van der Waals surface area contributed by atoms with Gasteiger partial charge < -0.3 is 5.73 Å². The molecule has 0 bridgehead atoms. The van der Waals surface area contributed by atoms with Crippen molar-refractivity contribution in [2.24, 2.45) is 0 Å². The van der Waals surface area contributed by atoms with Crippen LogP contribution in [0.3, 0.4) is 0 Å². The fraction of sp³-hybridized carbons (Fsp3) is 0.0909. The van der Waals surface area contributed by atoms with E-state index in [4.69, 9.17) is 5.73 Å². The average molecular weight is 293 g/mol. The highest BCUT2D eigenvalue weighted by molar-refractivity contribution is 5.62. The maximum atomic E-state index is 13.5. The topological polar surface area (TPSA) is 51.8 Å². The van der Waals surface area contributed by atoms with E-state index in [9.17, 15) is 26.3 Å². The number of hydrogen-bond donors (Lipinski definition) is 1. The summed E-state index contributed by atoms with van der Waals surface area (Å²) in [7, 11) is 0. The van der Waals surface area contributed by atoms with E-state index in [2.05, 4.69) is 9.97 Å². The second-order valence-corrected chi connectivity index (χ2v) is 3.72. The van der Waals surface area contributed by atoms with Crippen molar-refractivity contribution in [1.82, 2.24) is 9.97 Å². The largest absolute Gasteiger partial charge is 0.451 e. The van der Waals surface area contributed by atoms with Crippen LogP contribution in [0.25, 0.3) is 11.3 Å². The molecule has 0 aliphatic heterocycles. The molecule has 0 aliphatic rings. The van der Waals surface area contributed by atoms with Gasteiger partial charge in [-0.3, -0.25) is 0 Å². The first kappa shape index (κ1) is 14.1. The number of anilines is 1. The van der Waals surface area contributed by atoms with E-state index in [1.165, 1.54) is 0 Å². The van der Waals surface area contributed by atoms with Crippen molar-refractivity contribution >= 4 is 5.82 Å². The van der Waals surface area contributed by atoms with Gasteiger partial charge in [-0.1, -0.05) is 0 Å². The Hall–Kier alpha value is -2.32. The summed E-state index contributed by atoms with van der Waals surface area (Å²) in [4.78, 5) is 6.01. The van der Waals surface area contributed by atoms with Gasteiger partial charge in [-0.15, -0.1) is 0 Å². The Balaban J connectivity index is 2.65. The minimum Gasteiger partial charge on any atom is -0.384 e. The zero-order valence-electron chi connectivity index (χ0n) is 9.47. The quantitative estimate of drug-likeness (QED) is 0.649. The lowest BCUT2D eigenvalue weighted by Gasteiger charge is -2.09. The zero-order valence-corrected chi connectivity index (χ0v) is 9.47. The summed E-state index contributed by atoms with van der Waals surface area (Å²) in [6.07, 6.45) is -4.90. The van der Waals surface area contributed by atoms with E-state index in [-0.39, 0.29) is 0 Å². The second-order valence-electron chi connectivity index (χ2n) is 3.72.